The smallest absolute Gasteiger partial charge is 0.252 e. The standard InChI is InChI=1S/C17H24N2O2/c1-17(2,3)10-12(20)11-18-14-9-16(21)19(4)15-8-6-5-7-13(14)15/h5-9,12,18,20H,10-11H2,1-4H3. The zero-order valence-corrected chi connectivity index (χ0v) is 13.2. The van der Waals surface area contributed by atoms with E-state index < -0.39 is 6.10 Å². The number of rotatable bonds is 4. The number of aliphatic hydroxyl groups excluding tert-OH is 1. The Morgan fingerprint density at radius 1 is 1.29 bits per heavy atom. The molecule has 1 heterocycles. The molecule has 0 fully saturated rings. The van der Waals surface area contributed by atoms with Crippen molar-refractivity contribution >= 4 is 16.6 Å². The first-order valence-corrected chi connectivity index (χ1v) is 7.29. The Labute approximate surface area is 125 Å². The first-order valence-electron chi connectivity index (χ1n) is 7.29. The third-order valence-corrected chi connectivity index (χ3v) is 3.53. The van der Waals surface area contributed by atoms with Gasteiger partial charge in [-0.1, -0.05) is 39.0 Å². The van der Waals surface area contributed by atoms with Crippen molar-refractivity contribution in [3.05, 3.63) is 40.7 Å². The molecular formula is C17H24N2O2. The number of hydrogen-bond acceptors (Lipinski definition) is 3. The second-order valence-corrected chi connectivity index (χ2v) is 6.77. The Morgan fingerprint density at radius 3 is 2.62 bits per heavy atom. The molecule has 2 aromatic rings. The molecule has 0 amide bonds. The predicted octanol–water partition coefficient (Wildman–Crippen LogP) is 2.75. The van der Waals surface area contributed by atoms with Crippen LogP contribution in [0.5, 0.6) is 0 Å². The van der Waals surface area contributed by atoms with E-state index in [1.165, 1.54) is 0 Å². The van der Waals surface area contributed by atoms with Crippen molar-refractivity contribution in [3.8, 4) is 0 Å². The number of hydrogen-bond donors (Lipinski definition) is 2. The van der Waals surface area contributed by atoms with Crippen LogP contribution in [0.4, 0.5) is 5.69 Å². The van der Waals surface area contributed by atoms with Gasteiger partial charge >= 0.3 is 0 Å². The van der Waals surface area contributed by atoms with E-state index in [2.05, 4.69) is 26.1 Å². The number of pyridine rings is 1. The van der Waals surface area contributed by atoms with Gasteiger partial charge in [0, 0.05) is 30.7 Å². The SMILES string of the molecule is Cn1c(=O)cc(NCC(O)CC(C)(C)C)c2ccccc21. The molecule has 0 spiro atoms. The lowest BCUT2D eigenvalue weighted by molar-refractivity contribution is 0.132. The van der Waals surface area contributed by atoms with Crippen LogP contribution in [0.1, 0.15) is 27.2 Å². The molecule has 1 atom stereocenters. The molecule has 0 saturated heterocycles. The van der Waals surface area contributed by atoms with Crippen LogP contribution in [0.2, 0.25) is 0 Å². The fourth-order valence-corrected chi connectivity index (χ4v) is 2.56. The summed E-state index contributed by atoms with van der Waals surface area (Å²) < 4.78 is 1.63. The molecule has 1 unspecified atom stereocenters. The van der Waals surface area contributed by atoms with Crippen molar-refractivity contribution in [2.75, 3.05) is 11.9 Å². The Morgan fingerprint density at radius 2 is 1.95 bits per heavy atom. The maximum atomic E-state index is 12.0. The molecule has 0 bridgehead atoms. The van der Waals surface area contributed by atoms with Crippen molar-refractivity contribution in [2.24, 2.45) is 12.5 Å². The number of aryl methyl sites for hydroxylation is 1. The van der Waals surface area contributed by atoms with Crippen LogP contribution in [0.15, 0.2) is 35.1 Å². The molecule has 0 saturated carbocycles. The monoisotopic (exact) mass is 288 g/mol. The minimum absolute atomic E-state index is 0.0542. The van der Waals surface area contributed by atoms with Crippen molar-refractivity contribution < 1.29 is 5.11 Å². The van der Waals surface area contributed by atoms with Gasteiger partial charge in [-0.15, -0.1) is 0 Å². The highest BCUT2D eigenvalue weighted by Crippen LogP contribution is 2.23. The molecule has 0 aliphatic heterocycles. The first-order chi connectivity index (χ1) is 9.78. The predicted molar refractivity (Wildman–Crippen MR) is 87.8 cm³/mol. The van der Waals surface area contributed by atoms with Crippen molar-refractivity contribution in [1.29, 1.82) is 0 Å². The highest BCUT2D eigenvalue weighted by molar-refractivity contribution is 5.91. The maximum absolute atomic E-state index is 12.0. The molecule has 2 N–H and O–H groups in total. The Bertz CT molecular complexity index is 683. The van der Waals surface area contributed by atoms with Crippen LogP contribution < -0.4 is 10.9 Å². The zero-order valence-electron chi connectivity index (χ0n) is 13.2. The number of fused-ring (bicyclic) bond motifs is 1. The highest BCUT2D eigenvalue weighted by Gasteiger charge is 2.17. The third-order valence-electron chi connectivity index (χ3n) is 3.53. The van der Waals surface area contributed by atoms with Gasteiger partial charge < -0.3 is 15.0 Å². The molecule has 21 heavy (non-hydrogen) atoms. The normalized spacial score (nSPS) is 13.4. The Kier molecular flexibility index (Phi) is 4.37. The lowest BCUT2D eigenvalue weighted by Crippen LogP contribution is -2.26. The van der Waals surface area contributed by atoms with Crippen LogP contribution in [0.25, 0.3) is 10.9 Å². The number of aliphatic hydroxyl groups is 1. The number of aromatic nitrogens is 1. The van der Waals surface area contributed by atoms with Gasteiger partial charge in [-0.25, -0.2) is 0 Å². The van der Waals surface area contributed by atoms with Gasteiger partial charge in [-0.2, -0.15) is 0 Å². The molecule has 0 aliphatic rings. The van der Waals surface area contributed by atoms with E-state index in [1.807, 2.05) is 24.3 Å². The average molecular weight is 288 g/mol. The van der Waals surface area contributed by atoms with E-state index in [4.69, 9.17) is 0 Å². The molecule has 0 aliphatic carbocycles. The maximum Gasteiger partial charge on any atom is 0.252 e. The molecule has 0 radical (unpaired) electrons. The van der Waals surface area contributed by atoms with Gasteiger partial charge in [-0.3, -0.25) is 4.79 Å². The number of nitrogens with one attached hydrogen (secondary N) is 1. The third kappa shape index (κ3) is 3.85. The molecule has 114 valence electrons. The molecule has 4 nitrogen and oxygen atoms in total. The van der Waals surface area contributed by atoms with Gasteiger partial charge in [0.15, 0.2) is 0 Å². The Balaban J connectivity index is 2.23. The topological polar surface area (TPSA) is 54.3 Å². The minimum atomic E-state index is -0.437. The fourth-order valence-electron chi connectivity index (χ4n) is 2.56. The minimum Gasteiger partial charge on any atom is -0.391 e. The van der Waals surface area contributed by atoms with E-state index in [-0.39, 0.29) is 11.0 Å². The van der Waals surface area contributed by atoms with Crippen LogP contribution in [0, 0.1) is 5.41 Å². The lowest BCUT2D eigenvalue weighted by Gasteiger charge is -2.23. The average Bonchev–Trinajstić information content (AvgIpc) is 2.39. The second-order valence-electron chi connectivity index (χ2n) is 6.77. The van der Waals surface area contributed by atoms with Crippen molar-refractivity contribution in [3.63, 3.8) is 0 Å². The summed E-state index contributed by atoms with van der Waals surface area (Å²) in [7, 11) is 1.77. The number of para-hydroxylation sites is 1. The number of benzene rings is 1. The first kappa shape index (κ1) is 15.6. The molecule has 4 heteroatoms. The highest BCUT2D eigenvalue weighted by atomic mass is 16.3. The summed E-state index contributed by atoms with van der Waals surface area (Å²) >= 11 is 0. The van der Waals surface area contributed by atoms with Crippen LogP contribution in [-0.4, -0.2) is 22.3 Å². The quantitative estimate of drug-likeness (QED) is 0.909. The summed E-state index contributed by atoms with van der Waals surface area (Å²) in [5, 5.41) is 14.3. The van der Waals surface area contributed by atoms with Gasteiger partial charge in [0.2, 0.25) is 0 Å². The van der Waals surface area contributed by atoms with Crippen LogP contribution >= 0.6 is 0 Å². The van der Waals surface area contributed by atoms with E-state index in [0.29, 0.717) is 13.0 Å². The van der Waals surface area contributed by atoms with E-state index in [9.17, 15) is 9.90 Å². The summed E-state index contributed by atoms with van der Waals surface area (Å²) in [5.41, 5.74) is 1.69. The van der Waals surface area contributed by atoms with Crippen LogP contribution in [0.3, 0.4) is 0 Å². The van der Waals surface area contributed by atoms with Gasteiger partial charge in [0.25, 0.3) is 5.56 Å². The summed E-state index contributed by atoms with van der Waals surface area (Å²) in [6.07, 6.45) is 0.274. The molecular weight excluding hydrogens is 264 g/mol. The molecule has 2 rings (SSSR count). The Hall–Kier alpha value is -1.81. The number of anilines is 1. The molecule has 1 aromatic heterocycles. The summed E-state index contributed by atoms with van der Waals surface area (Å²) in [4.78, 5) is 12.0. The van der Waals surface area contributed by atoms with Gasteiger partial charge in [-0.05, 0) is 17.9 Å². The lowest BCUT2D eigenvalue weighted by atomic mass is 9.89. The summed E-state index contributed by atoms with van der Waals surface area (Å²) in [6.45, 7) is 6.74. The summed E-state index contributed by atoms with van der Waals surface area (Å²) in [5.74, 6) is 0. The van der Waals surface area contributed by atoms with E-state index in [1.54, 1.807) is 17.7 Å². The van der Waals surface area contributed by atoms with Crippen LogP contribution in [-0.2, 0) is 7.05 Å². The van der Waals surface area contributed by atoms with E-state index in [0.717, 1.165) is 16.6 Å². The fraction of sp³-hybridized carbons (Fsp3) is 0.471. The van der Waals surface area contributed by atoms with Gasteiger partial charge in [0.1, 0.15) is 0 Å². The largest absolute Gasteiger partial charge is 0.391 e. The van der Waals surface area contributed by atoms with E-state index >= 15 is 0 Å². The number of nitrogens with zero attached hydrogens (tertiary/aromatic N) is 1. The molecule has 1 aromatic carbocycles. The summed E-state index contributed by atoms with van der Waals surface area (Å²) in [6, 6.07) is 9.36. The van der Waals surface area contributed by atoms with Crippen molar-refractivity contribution in [1.82, 2.24) is 4.57 Å². The van der Waals surface area contributed by atoms with Gasteiger partial charge in [0.05, 0.1) is 11.6 Å². The zero-order chi connectivity index (χ0) is 15.6. The van der Waals surface area contributed by atoms with Crippen molar-refractivity contribution in [2.45, 2.75) is 33.3 Å². The second kappa shape index (κ2) is 5.90.